The molecule has 0 bridgehead atoms. The van der Waals surface area contributed by atoms with Crippen molar-refractivity contribution in [3.63, 3.8) is 0 Å². The van der Waals surface area contributed by atoms with Gasteiger partial charge < -0.3 is 14.2 Å². The molecule has 0 fully saturated rings. The summed E-state index contributed by atoms with van der Waals surface area (Å²) in [6.07, 6.45) is 3.25. The molecule has 6 nitrogen and oxygen atoms in total. The quantitative estimate of drug-likeness (QED) is 0.609. The van der Waals surface area contributed by atoms with E-state index in [4.69, 9.17) is 14.2 Å². The zero-order valence-electron chi connectivity index (χ0n) is 11.9. The van der Waals surface area contributed by atoms with Crippen molar-refractivity contribution in [1.29, 1.82) is 0 Å². The number of hydrogen-bond donors (Lipinski definition) is 0. The molecule has 114 valence electrons. The number of rotatable bonds is 5. The molecule has 0 aliphatic carbocycles. The van der Waals surface area contributed by atoms with Crippen LogP contribution in [0.25, 0.3) is 0 Å². The van der Waals surface area contributed by atoms with Gasteiger partial charge in [0.15, 0.2) is 6.10 Å². The summed E-state index contributed by atoms with van der Waals surface area (Å²) in [7, 11) is 0. The first-order chi connectivity index (χ1) is 10.5. The molecule has 0 saturated carbocycles. The molecule has 1 aromatic rings. The SMILES string of the molecule is CC(=O)O[C@H](/C=C1/C=CC(=O)O1)COC(=O)c1ccccc1. The molecular weight excluding hydrogens is 288 g/mol. The Labute approximate surface area is 127 Å². The standard InChI is InChI=1S/C16H14O6/c1-11(17)21-14(9-13-7-8-15(18)22-13)10-20-16(19)12-5-3-2-4-6-12/h2-9,14H,10H2,1H3/b13-9-/t14-/m1/s1. The Balaban J connectivity index is 1.98. The van der Waals surface area contributed by atoms with Gasteiger partial charge in [-0.2, -0.15) is 0 Å². The van der Waals surface area contributed by atoms with E-state index in [9.17, 15) is 14.4 Å². The fourth-order valence-electron chi connectivity index (χ4n) is 1.75. The van der Waals surface area contributed by atoms with Crippen LogP contribution < -0.4 is 0 Å². The highest BCUT2D eigenvalue weighted by Gasteiger charge is 2.17. The molecule has 0 amide bonds. The van der Waals surface area contributed by atoms with Gasteiger partial charge in [0.2, 0.25) is 0 Å². The molecule has 0 saturated heterocycles. The molecule has 0 radical (unpaired) electrons. The number of hydrogen-bond acceptors (Lipinski definition) is 6. The largest absolute Gasteiger partial charge is 0.458 e. The fraction of sp³-hybridized carbons (Fsp3) is 0.188. The lowest BCUT2D eigenvalue weighted by Crippen LogP contribution is -2.23. The van der Waals surface area contributed by atoms with Crippen molar-refractivity contribution in [3.05, 3.63) is 59.9 Å². The van der Waals surface area contributed by atoms with Crippen LogP contribution in [-0.4, -0.2) is 30.6 Å². The summed E-state index contributed by atoms with van der Waals surface area (Å²) in [5, 5.41) is 0. The third kappa shape index (κ3) is 4.59. The van der Waals surface area contributed by atoms with E-state index in [2.05, 4.69) is 0 Å². The van der Waals surface area contributed by atoms with E-state index < -0.39 is 24.0 Å². The first kappa shape index (κ1) is 15.5. The lowest BCUT2D eigenvalue weighted by molar-refractivity contribution is -0.145. The topological polar surface area (TPSA) is 78.9 Å². The van der Waals surface area contributed by atoms with Crippen LogP contribution in [0.3, 0.4) is 0 Å². The Morgan fingerprint density at radius 1 is 1.23 bits per heavy atom. The van der Waals surface area contributed by atoms with Crippen LogP contribution in [0, 0.1) is 0 Å². The van der Waals surface area contributed by atoms with Crippen molar-refractivity contribution in [2.45, 2.75) is 13.0 Å². The summed E-state index contributed by atoms with van der Waals surface area (Å²) in [6.45, 7) is 1.06. The summed E-state index contributed by atoms with van der Waals surface area (Å²) in [5.41, 5.74) is 0.393. The highest BCUT2D eigenvalue weighted by molar-refractivity contribution is 5.89. The number of cyclic esters (lactones) is 1. The third-order valence-corrected chi connectivity index (χ3v) is 2.66. The van der Waals surface area contributed by atoms with E-state index in [1.807, 2.05) is 0 Å². The van der Waals surface area contributed by atoms with Gasteiger partial charge in [-0.05, 0) is 18.2 Å². The highest BCUT2D eigenvalue weighted by atomic mass is 16.6. The van der Waals surface area contributed by atoms with Gasteiger partial charge in [-0.25, -0.2) is 9.59 Å². The molecule has 0 unspecified atom stereocenters. The summed E-state index contributed by atoms with van der Waals surface area (Å²) in [5.74, 6) is -1.33. The number of benzene rings is 1. The Morgan fingerprint density at radius 3 is 2.55 bits per heavy atom. The monoisotopic (exact) mass is 302 g/mol. The first-order valence-electron chi connectivity index (χ1n) is 6.55. The van der Waals surface area contributed by atoms with Crippen molar-refractivity contribution >= 4 is 17.9 Å². The molecule has 1 heterocycles. The number of ether oxygens (including phenoxy) is 3. The minimum atomic E-state index is -0.837. The van der Waals surface area contributed by atoms with Crippen LogP contribution in [0.15, 0.2) is 54.3 Å². The average molecular weight is 302 g/mol. The van der Waals surface area contributed by atoms with Crippen molar-refractivity contribution in [2.24, 2.45) is 0 Å². The van der Waals surface area contributed by atoms with Crippen molar-refractivity contribution in [2.75, 3.05) is 6.61 Å². The second-order valence-electron chi connectivity index (χ2n) is 4.44. The smallest absolute Gasteiger partial charge is 0.338 e. The summed E-state index contributed by atoms with van der Waals surface area (Å²) < 4.78 is 15.0. The van der Waals surface area contributed by atoms with Gasteiger partial charge >= 0.3 is 17.9 Å². The molecule has 1 aliphatic rings. The van der Waals surface area contributed by atoms with Crippen LogP contribution in [-0.2, 0) is 23.8 Å². The van der Waals surface area contributed by atoms with E-state index in [1.54, 1.807) is 30.3 Å². The third-order valence-electron chi connectivity index (χ3n) is 2.66. The molecule has 2 rings (SSSR count). The molecule has 0 aromatic heterocycles. The molecule has 6 heteroatoms. The van der Waals surface area contributed by atoms with E-state index in [-0.39, 0.29) is 12.4 Å². The number of allylic oxidation sites excluding steroid dienone is 1. The van der Waals surface area contributed by atoms with E-state index in [1.165, 1.54) is 25.2 Å². The zero-order chi connectivity index (χ0) is 15.9. The van der Waals surface area contributed by atoms with Gasteiger partial charge in [-0.3, -0.25) is 4.79 Å². The predicted molar refractivity (Wildman–Crippen MR) is 75.6 cm³/mol. The van der Waals surface area contributed by atoms with Gasteiger partial charge in [0.05, 0.1) is 5.56 Å². The minimum absolute atomic E-state index is 0.178. The Hall–Kier alpha value is -2.89. The Morgan fingerprint density at radius 2 is 1.95 bits per heavy atom. The van der Waals surface area contributed by atoms with Crippen LogP contribution in [0.5, 0.6) is 0 Å². The van der Waals surface area contributed by atoms with Crippen molar-refractivity contribution in [1.82, 2.24) is 0 Å². The number of esters is 3. The normalized spacial score (nSPS) is 16.2. The number of carbonyl (C=O) groups excluding carboxylic acids is 3. The molecule has 0 N–H and O–H groups in total. The molecule has 1 aliphatic heterocycles. The Kier molecular flexibility index (Phi) is 5.08. The van der Waals surface area contributed by atoms with Gasteiger partial charge in [-0.15, -0.1) is 0 Å². The maximum Gasteiger partial charge on any atom is 0.338 e. The maximum absolute atomic E-state index is 11.8. The van der Waals surface area contributed by atoms with E-state index >= 15 is 0 Å². The van der Waals surface area contributed by atoms with Crippen molar-refractivity contribution in [3.8, 4) is 0 Å². The van der Waals surface area contributed by atoms with Crippen LogP contribution in [0.2, 0.25) is 0 Å². The fourth-order valence-corrected chi connectivity index (χ4v) is 1.75. The van der Waals surface area contributed by atoms with Gasteiger partial charge in [0.1, 0.15) is 12.4 Å². The molecular formula is C16H14O6. The highest BCUT2D eigenvalue weighted by Crippen LogP contribution is 2.12. The lowest BCUT2D eigenvalue weighted by atomic mass is 10.2. The lowest BCUT2D eigenvalue weighted by Gasteiger charge is -2.14. The second-order valence-corrected chi connectivity index (χ2v) is 4.44. The average Bonchev–Trinajstić information content (AvgIpc) is 2.90. The first-order valence-corrected chi connectivity index (χ1v) is 6.55. The molecule has 22 heavy (non-hydrogen) atoms. The summed E-state index contributed by atoms with van der Waals surface area (Å²) in [6, 6.07) is 8.44. The molecule has 1 atom stereocenters. The number of carbonyl (C=O) groups is 3. The van der Waals surface area contributed by atoms with Crippen molar-refractivity contribution < 1.29 is 28.6 Å². The second kappa shape index (κ2) is 7.21. The van der Waals surface area contributed by atoms with E-state index in [0.29, 0.717) is 5.56 Å². The Bertz CT molecular complexity index is 629. The van der Waals surface area contributed by atoms with Gasteiger partial charge in [0, 0.05) is 19.1 Å². The maximum atomic E-state index is 11.8. The molecule has 0 spiro atoms. The van der Waals surface area contributed by atoms with Crippen LogP contribution in [0.4, 0.5) is 0 Å². The van der Waals surface area contributed by atoms with Crippen LogP contribution in [0.1, 0.15) is 17.3 Å². The van der Waals surface area contributed by atoms with Gasteiger partial charge in [0.25, 0.3) is 0 Å². The molecule has 1 aromatic carbocycles. The summed E-state index contributed by atoms with van der Waals surface area (Å²) >= 11 is 0. The zero-order valence-corrected chi connectivity index (χ0v) is 11.9. The summed E-state index contributed by atoms with van der Waals surface area (Å²) in [4.78, 5) is 33.9. The predicted octanol–water partition coefficient (Wildman–Crippen LogP) is 1.77. The minimum Gasteiger partial charge on any atom is -0.458 e. The van der Waals surface area contributed by atoms with E-state index in [0.717, 1.165) is 0 Å². The van der Waals surface area contributed by atoms with Crippen LogP contribution >= 0.6 is 0 Å². The van der Waals surface area contributed by atoms with Gasteiger partial charge in [-0.1, -0.05) is 18.2 Å².